The maximum atomic E-state index is 13.5. The van der Waals surface area contributed by atoms with Crippen LogP contribution in [0.15, 0.2) is 30.4 Å². The van der Waals surface area contributed by atoms with Crippen LogP contribution in [0.4, 0.5) is 16.0 Å². The molecule has 1 aromatic carbocycles. The number of allylic oxidation sites excluding steroid dienone is 2. The van der Waals surface area contributed by atoms with Crippen molar-refractivity contribution in [1.82, 2.24) is 15.0 Å². The van der Waals surface area contributed by atoms with Crippen molar-refractivity contribution in [3.05, 3.63) is 51.8 Å². The van der Waals surface area contributed by atoms with Gasteiger partial charge in [-0.1, -0.05) is 61.4 Å². The number of methoxy groups -OCH3 is 1. The summed E-state index contributed by atoms with van der Waals surface area (Å²) in [5.41, 5.74) is 1.47. The summed E-state index contributed by atoms with van der Waals surface area (Å²) < 4.78 is 24.3. The number of carbonyl (C=O) groups excluding carboxylic acids is 1. The van der Waals surface area contributed by atoms with Gasteiger partial charge in [0.1, 0.15) is 12.4 Å². The lowest BCUT2D eigenvalue weighted by atomic mass is 9.87. The number of anilines is 2. The monoisotopic (exact) mass is 520 g/mol. The Morgan fingerprint density at radius 3 is 2.63 bits per heavy atom. The molecule has 2 aromatic heterocycles. The van der Waals surface area contributed by atoms with Crippen LogP contribution in [-0.2, 0) is 4.74 Å². The number of rotatable bonds is 10. The average Bonchev–Trinajstić information content (AvgIpc) is 3.23. The van der Waals surface area contributed by atoms with Crippen LogP contribution in [0.5, 0.6) is 5.88 Å². The number of carbonyl (C=O) groups is 1. The lowest BCUT2D eigenvalue weighted by Crippen LogP contribution is -2.09. The fourth-order valence-corrected chi connectivity index (χ4v) is 4.71. The Morgan fingerprint density at radius 2 is 1.91 bits per heavy atom. The maximum Gasteiger partial charge on any atom is 0.227 e. The molecule has 1 aliphatic rings. The van der Waals surface area contributed by atoms with Crippen molar-refractivity contribution < 1.29 is 18.7 Å². The van der Waals surface area contributed by atoms with Gasteiger partial charge < -0.3 is 19.8 Å². The number of pyridine rings is 1. The van der Waals surface area contributed by atoms with Gasteiger partial charge in [0, 0.05) is 7.11 Å². The van der Waals surface area contributed by atoms with E-state index in [4.69, 9.17) is 32.7 Å². The zero-order valence-corrected chi connectivity index (χ0v) is 20.9. The highest BCUT2D eigenvalue weighted by atomic mass is 35.5. The van der Waals surface area contributed by atoms with E-state index in [1.165, 1.54) is 32.1 Å². The van der Waals surface area contributed by atoms with Gasteiger partial charge >= 0.3 is 0 Å². The van der Waals surface area contributed by atoms with Crippen LogP contribution in [0.25, 0.3) is 11.2 Å². The predicted octanol–water partition coefficient (Wildman–Crippen LogP) is 6.88. The van der Waals surface area contributed by atoms with Gasteiger partial charge in [-0.3, -0.25) is 4.79 Å². The van der Waals surface area contributed by atoms with Gasteiger partial charge in [0.2, 0.25) is 11.8 Å². The standard InChI is InChI=1S/C25H27Cl2FN4O3/c1-34-10-11-35-24-17(21(33)9-5-8-15-6-3-2-4-7-15)14-20-23(31-24)32-25(29-20)30-22-18(26)12-16(28)13-19(22)27/h5,9,12-15H,2-4,6-8,10-11H2,1H3,(H2,29,30,31,32)/b9-5+. The van der Waals surface area contributed by atoms with Crippen molar-refractivity contribution in [1.29, 1.82) is 0 Å². The predicted molar refractivity (Wildman–Crippen MR) is 136 cm³/mol. The minimum absolute atomic E-state index is 0.103. The third kappa shape index (κ3) is 6.51. The van der Waals surface area contributed by atoms with Crippen molar-refractivity contribution in [2.75, 3.05) is 25.6 Å². The van der Waals surface area contributed by atoms with Gasteiger partial charge in [0.15, 0.2) is 11.4 Å². The molecule has 1 saturated carbocycles. The molecular formula is C25H27Cl2FN4O3. The van der Waals surface area contributed by atoms with Gasteiger partial charge in [0.25, 0.3) is 0 Å². The second kappa shape index (κ2) is 11.8. The molecule has 0 bridgehead atoms. The van der Waals surface area contributed by atoms with E-state index in [0.717, 1.165) is 18.6 Å². The highest BCUT2D eigenvalue weighted by molar-refractivity contribution is 6.39. The van der Waals surface area contributed by atoms with E-state index < -0.39 is 5.82 Å². The molecule has 7 nitrogen and oxygen atoms in total. The number of nitrogens with zero attached hydrogens (tertiary/aromatic N) is 2. The lowest BCUT2D eigenvalue weighted by molar-refractivity contribution is 0.103. The molecule has 35 heavy (non-hydrogen) atoms. The highest BCUT2D eigenvalue weighted by Crippen LogP contribution is 2.34. The van der Waals surface area contributed by atoms with Crippen LogP contribution in [0.2, 0.25) is 10.0 Å². The molecule has 0 amide bonds. The number of nitrogens with one attached hydrogen (secondary N) is 2. The van der Waals surface area contributed by atoms with E-state index >= 15 is 0 Å². The molecular weight excluding hydrogens is 494 g/mol. The first-order valence-electron chi connectivity index (χ1n) is 11.6. The zero-order chi connectivity index (χ0) is 24.8. The average molecular weight is 521 g/mol. The Balaban J connectivity index is 1.59. The number of ketones is 1. The molecule has 3 aromatic rings. The van der Waals surface area contributed by atoms with Crippen LogP contribution in [-0.4, -0.2) is 41.1 Å². The Hall–Kier alpha value is -2.68. The first-order valence-corrected chi connectivity index (χ1v) is 12.3. The molecule has 1 aliphatic carbocycles. The minimum Gasteiger partial charge on any atom is -0.475 e. The van der Waals surface area contributed by atoms with Gasteiger partial charge in [-0.25, -0.2) is 4.39 Å². The molecule has 0 radical (unpaired) electrons. The minimum atomic E-state index is -0.547. The van der Waals surface area contributed by atoms with Gasteiger partial charge in [0.05, 0.1) is 33.4 Å². The third-order valence-electron chi connectivity index (χ3n) is 5.94. The topological polar surface area (TPSA) is 89.1 Å². The molecule has 2 N–H and O–H groups in total. The fourth-order valence-electron chi connectivity index (χ4n) is 4.15. The summed E-state index contributed by atoms with van der Waals surface area (Å²) in [4.78, 5) is 24.9. The van der Waals surface area contributed by atoms with E-state index in [9.17, 15) is 9.18 Å². The summed E-state index contributed by atoms with van der Waals surface area (Å²) >= 11 is 12.2. The lowest BCUT2D eigenvalue weighted by Gasteiger charge is -2.19. The molecule has 1 fully saturated rings. The molecule has 0 spiro atoms. The molecule has 186 valence electrons. The van der Waals surface area contributed by atoms with E-state index in [1.807, 2.05) is 6.08 Å². The SMILES string of the molecule is COCCOc1nc2nc(Nc3c(Cl)cc(F)cc3Cl)[nH]c2cc1C(=O)/C=C/CC1CCCCC1. The first kappa shape index (κ1) is 25.4. The number of aromatic amines is 1. The van der Waals surface area contributed by atoms with Crippen LogP contribution in [0, 0.1) is 11.7 Å². The third-order valence-corrected chi connectivity index (χ3v) is 6.54. The fraction of sp³-hybridized carbons (Fsp3) is 0.400. The molecule has 2 heterocycles. The number of fused-ring (bicyclic) bond motifs is 1. The number of imidazole rings is 1. The molecule has 0 unspecified atom stereocenters. The Kier molecular flexibility index (Phi) is 8.59. The van der Waals surface area contributed by atoms with E-state index in [2.05, 4.69) is 20.3 Å². The Labute approximate surface area is 213 Å². The normalized spacial score (nSPS) is 14.6. The van der Waals surface area contributed by atoms with Crippen molar-refractivity contribution in [3.63, 3.8) is 0 Å². The summed E-state index contributed by atoms with van der Waals surface area (Å²) in [5.74, 6) is 0.351. The van der Waals surface area contributed by atoms with Crippen LogP contribution in [0.1, 0.15) is 48.9 Å². The van der Waals surface area contributed by atoms with Crippen LogP contribution in [0.3, 0.4) is 0 Å². The van der Waals surface area contributed by atoms with Crippen molar-refractivity contribution in [2.45, 2.75) is 38.5 Å². The van der Waals surface area contributed by atoms with E-state index in [0.29, 0.717) is 34.9 Å². The summed E-state index contributed by atoms with van der Waals surface area (Å²) in [6.45, 7) is 0.581. The smallest absolute Gasteiger partial charge is 0.227 e. The van der Waals surface area contributed by atoms with Crippen LogP contribution >= 0.6 is 23.2 Å². The summed E-state index contributed by atoms with van der Waals surface area (Å²) in [6.07, 6.45) is 10.7. The molecule has 10 heteroatoms. The number of H-pyrrole nitrogens is 1. The van der Waals surface area contributed by atoms with E-state index in [-0.39, 0.29) is 34.3 Å². The number of hydrogen-bond acceptors (Lipinski definition) is 6. The summed E-state index contributed by atoms with van der Waals surface area (Å²) in [7, 11) is 1.57. The van der Waals surface area contributed by atoms with Gasteiger partial charge in [-0.05, 0) is 36.6 Å². The van der Waals surface area contributed by atoms with Gasteiger partial charge in [-0.15, -0.1) is 0 Å². The zero-order valence-electron chi connectivity index (χ0n) is 19.4. The number of ether oxygens (including phenoxy) is 2. The largest absolute Gasteiger partial charge is 0.475 e. The van der Waals surface area contributed by atoms with Crippen molar-refractivity contribution in [2.24, 2.45) is 5.92 Å². The molecule has 0 atom stereocenters. The molecule has 4 rings (SSSR count). The number of halogens is 3. The number of aromatic nitrogens is 3. The molecule has 0 aliphatic heterocycles. The molecule has 0 saturated heterocycles. The van der Waals surface area contributed by atoms with Crippen molar-refractivity contribution in [3.8, 4) is 5.88 Å². The second-order valence-corrected chi connectivity index (χ2v) is 9.33. The summed E-state index contributed by atoms with van der Waals surface area (Å²) in [5, 5.41) is 3.16. The number of hydrogen-bond donors (Lipinski definition) is 2. The number of benzene rings is 1. The maximum absolute atomic E-state index is 13.5. The Morgan fingerprint density at radius 1 is 1.17 bits per heavy atom. The van der Waals surface area contributed by atoms with E-state index in [1.54, 1.807) is 19.3 Å². The Bertz CT molecular complexity index is 1200. The van der Waals surface area contributed by atoms with Crippen molar-refractivity contribution >= 4 is 51.8 Å². The van der Waals surface area contributed by atoms with Crippen LogP contribution < -0.4 is 10.1 Å². The summed E-state index contributed by atoms with van der Waals surface area (Å²) in [6, 6.07) is 3.95. The second-order valence-electron chi connectivity index (χ2n) is 8.51. The highest BCUT2D eigenvalue weighted by Gasteiger charge is 2.18. The quantitative estimate of drug-likeness (QED) is 0.172. The van der Waals surface area contributed by atoms with Gasteiger partial charge in [-0.2, -0.15) is 9.97 Å². The first-order chi connectivity index (χ1) is 16.9.